The van der Waals surface area contributed by atoms with Gasteiger partial charge in [-0.1, -0.05) is 6.07 Å². The summed E-state index contributed by atoms with van der Waals surface area (Å²) < 4.78 is 32.1. The zero-order valence-corrected chi connectivity index (χ0v) is 15.7. The molecule has 3 rings (SSSR count). The van der Waals surface area contributed by atoms with E-state index in [4.69, 9.17) is 4.42 Å². The Labute approximate surface area is 154 Å². The topological polar surface area (TPSA) is 79.6 Å². The molecule has 26 heavy (non-hydrogen) atoms. The molecule has 2 aromatic rings. The second kappa shape index (κ2) is 8.05. The molecule has 1 aromatic heterocycles. The van der Waals surface area contributed by atoms with Gasteiger partial charge in [0.1, 0.15) is 5.76 Å². The van der Waals surface area contributed by atoms with Crippen LogP contribution in [0, 0.1) is 0 Å². The molecule has 7 heteroatoms. The molecule has 1 saturated heterocycles. The molecule has 1 aliphatic rings. The number of sulfonamides is 1. The lowest BCUT2D eigenvalue weighted by atomic mass is 10.1. The minimum Gasteiger partial charge on any atom is -0.469 e. The Morgan fingerprint density at radius 2 is 2.00 bits per heavy atom. The standard InChI is InChI=1S/C19H24N2O4S/c1-15(9-10-17-7-5-13-25-17)20-19(22)16-6-4-8-18(14-16)26(23,24)21-11-2-3-12-21/h4-8,13-15H,2-3,9-12H2,1H3,(H,20,22)/t15-/m0/s1. The van der Waals surface area contributed by atoms with Crippen LogP contribution in [-0.4, -0.2) is 37.8 Å². The van der Waals surface area contributed by atoms with Gasteiger partial charge in [-0.15, -0.1) is 0 Å². The van der Waals surface area contributed by atoms with Gasteiger partial charge in [-0.25, -0.2) is 8.42 Å². The van der Waals surface area contributed by atoms with E-state index in [1.165, 1.54) is 10.4 Å². The minimum atomic E-state index is -3.52. The van der Waals surface area contributed by atoms with Crippen LogP contribution < -0.4 is 5.32 Å². The number of amides is 1. The molecule has 0 saturated carbocycles. The van der Waals surface area contributed by atoms with Crippen LogP contribution >= 0.6 is 0 Å². The molecule has 1 amide bonds. The van der Waals surface area contributed by atoms with Gasteiger partial charge in [0.05, 0.1) is 11.2 Å². The van der Waals surface area contributed by atoms with Crippen molar-refractivity contribution in [3.8, 4) is 0 Å². The van der Waals surface area contributed by atoms with Crippen molar-refractivity contribution < 1.29 is 17.6 Å². The highest BCUT2D eigenvalue weighted by Gasteiger charge is 2.27. The summed E-state index contributed by atoms with van der Waals surface area (Å²) >= 11 is 0. The zero-order valence-electron chi connectivity index (χ0n) is 14.8. The lowest BCUT2D eigenvalue weighted by molar-refractivity contribution is 0.0938. The van der Waals surface area contributed by atoms with E-state index < -0.39 is 10.0 Å². The van der Waals surface area contributed by atoms with Crippen LogP contribution in [0.5, 0.6) is 0 Å². The Morgan fingerprint density at radius 1 is 1.23 bits per heavy atom. The maximum absolute atomic E-state index is 12.6. The zero-order chi connectivity index (χ0) is 18.6. The summed E-state index contributed by atoms with van der Waals surface area (Å²) in [5.74, 6) is 0.611. The first-order valence-corrected chi connectivity index (χ1v) is 10.3. The second-order valence-corrected chi connectivity index (χ2v) is 8.57. The third-order valence-corrected chi connectivity index (χ3v) is 6.48. The molecule has 0 radical (unpaired) electrons. The van der Waals surface area contributed by atoms with Gasteiger partial charge in [0.2, 0.25) is 10.0 Å². The smallest absolute Gasteiger partial charge is 0.251 e. The van der Waals surface area contributed by atoms with Crippen LogP contribution in [0.1, 0.15) is 42.3 Å². The Hall–Kier alpha value is -2.12. The van der Waals surface area contributed by atoms with Crippen molar-refractivity contribution in [2.45, 2.75) is 43.5 Å². The molecule has 1 atom stereocenters. The predicted octanol–water partition coefficient (Wildman–Crippen LogP) is 2.82. The third-order valence-electron chi connectivity index (χ3n) is 4.58. The summed E-state index contributed by atoms with van der Waals surface area (Å²) in [4.78, 5) is 12.7. The summed E-state index contributed by atoms with van der Waals surface area (Å²) in [6.45, 7) is 3.01. The first kappa shape index (κ1) is 18.7. The molecule has 0 aliphatic carbocycles. The SMILES string of the molecule is C[C@@H](CCc1ccco1)NC(=O)c1cccc(S(=O)(=O)N2CCCC2)c1. The van der Waals surface area contributed by atoms with Crippen LogP contribution in [0.2, 0.25) is 0 Å². The second-order valence-electron chi connectivity index (χ2n) is 6.63. The number of carbonyl (C=O) groups excluding carboxylic acids is 1. The van der Waals surface area contributed by atoms with Crippen LogP contribution in [0.3, 0.4) is 0 Å². The quantitative estimate of drug-likeness (QED) is 0.806. The monoisotopic (exact) mass is 376 g/mol. The summed E-state index contributed by atoms with van der Waals surface area (Å²) in [7, 11) is -3.52. The van der Waals surface area contributed by atoms with Gasteiger partial charge in [-0.3, -0.25) is 4.79 Å². The van der Waals surface area contributed by atoms with Crippen LogP contribution in [0.15, 0.2) is 52.0 Å². The highest BCUT2D eigenvalue weighted by atomic mass is 32.2. The highest BCUT2D eigenvalue weighted by Crippen LogP contribution is 2.21. The molecule has 1 aromatic carbocycles. The van der Waals surface area contributed by atoms with Crippen molar-refractivity contribution in [2.75, 3.05) is 13.1 Å². The van der Waals surface area contributed by atoms with Gasteiger partial charge in [-0.2, -0.15) is 4.31 Å². The Kier molecular flexibility index (Phi) is 5.78. The van der Waals surface area contributed by atoms with Gasteiger partial charge in [0.25, 0.3) is 5.91 Å². The molecule has 1 aliphatic heterocycles. The number of benzene rings is 1. The van der Waals surface area contributed by atoms with Gasteiger partial charge < -0.3 is 9.73 Å². The summed E-state index contributed by atoms with van der Waals surface area (Å²) in [6, 6.07) is 9.95. The summed E-state index contributed by atoms with van der Waals surface area (Å²) in [5, 5.41) is 2.92. The van der Waals surface area contributed by atoms with Crippen molar-refractivity contribution >= 4 is 15.9 Å². The van der Waals surface area contributed by atoms with E-state index in [0.717, 1.165) is 31.4 Å². The maximum Gasteiger partial charge on any atom is 0.251 e. The molecule has 0 spiro atoms. The number of rotatable bonds is 7. The Bertz CT molecular complexity index is 840. The number of carbonyl (C=O) groups is 1. The van der Waals surface area contributed by atoms with Crippen LogP contribution in [0.25, 0.3) is 0 Å². The minimum absolute atomic E-state index is 0.0496. The molecule has 6 nitrogen and oxygen atoms in total. The molecule has 0 bridgehead atoms. The number of hydrogen-bond donors (Lipinski definition) is 1. The fourth-order valence-corrected chi connectivity index (χ4v) is 4.63. The molecule has 140 valence electrons. The molecular formula is C19H24N2O4S. The van der Waals surface area contributed by atoms with Gasteiger partial charge in [0.15, 0.2) is 0 Å². The van der Waals surface area contributed by atoms with E-state index in [1.807, 2.05) is 19.1 Å². The van der Waals surface area contributed by atoms with Gasteiger partial charge in [0, 0.05) is 31.1 Å². The Balaban J connectivity index is 1.64. The average molecular weight is 376 g/mol. The normalized spacial score (nSPS) is 16.5. The molecule has 2 heterocycles. The predicted molar refractivity (Wildman–Crippen MR) is 98.4 cm³/mol. The van der Waals surface area contributed by atoms with Crippen molar-refractivity contribution in [1.82, 2.24) is 9.62 Å². The summed E-state index contributed by atoms with van der Waals surface area (Å²) in [6.07, 6.45) is 4.87. The van der Waals surface area contributed by atoms with E-state index in [1.54, 1.807) is 24.5 Å². The van der Waals surface area contributed by atoms with E-state index in [9.17, 15) is 13.2 Å². The van der Waals surface area contributed by atoms with Crippen molar-refractivity contribution in [2.24, 2.45) is 0 Å². The van der Waals surface area contributed by atoms with Crippen molar-refractivity contribution in [3.63, 3.8) is 0 Å². The summed E-state index contributed by atoms with van der Waals surface area (Å²) in [5.41, 5.74) is 0.357. The van der Waals surface area contributed by atoms with Crippen LogP contribution in [-0.2, 0) is 16.4 Å². The Morgan fingerprint density at radius 3 is 2.69 bits per heavy atom. The highest BCUT2D eigenvalue weighted by molar-refractivity contribution is 7.89. The maximum atomic E-state index is 12.6. The molecule has 0 unspecified atom stereocenters. The van der Waals surface area contributed by atoms with E-state index in [-0.39, 0.29) is 16.8 Å². The third kappa shape index (κ3) is 4.34. The number of aryl methyl sites for hydroxylation is 1. The number of hydrogen-bond acceptors (Lipinski definition) is 4. The first-order valence-electron chi connectivity index (χ1n) is 8.90. The fourth-order valence-electron chi connectivity index (χ4n) is 3.07. The lowest BCUT2D eigenvalue weighted by Gasteiger charge is -2.17. The van der Waals surface area contributed by atoms with Crippen LogP contribution in [0.4, 0.5) is 0 Å². The largest absolute Gasteiger partial charge is 0.469 e. The molecule has 1 N–H and O–H groups in total. The van der Waals surface area contributed by atoms with Crippen molar-refractivity contribution in [3.05, 3.63) is 54.0 Å². The van der Waals surface area contributed by atoms with Crippen molar-refractivity contribution in [1.29, 1.82) is 0 Å². The number of furan rings is 1. The van der Waals surface area contributed by atoms with E-state index >= 15 is 0 Å². The fraction of sp³-hybridized carbons (Fsp3) is 0.421. The number of nitrogens with zero attached hydrogens (tertiary/aromatic N) is 1. The van der Waals surface area contributed by atoms with E-state index in [2.05, 4.69) is 5.32 Å². The first-order chi connectivity index (χ1) is 12.5. The lowest BCUT2D eigenvalue weighted by Crippen LogP contribution is -2.33. The average Bonchev–Trinajstić information content (AvgIpc) is 3.34. The number of nitrogens with one attached hydrogen (secondary N) is 1. The van der Waals surface area contributed by atoms with Gasteiger partial charge >= 0.3 is 0 Å². The molecular weight excluding hydrogens is 352 g/mol. The molecule has 1 fully saturated rings. The van der Waals surface area contributed by atoms with Gasteiger partial charge in [-0.05, 0) is 56.5 Å². The van der Waals surface area contributed by atoms with E-state index in [0.29, 0.717) is 18.7 Å².